The molecule has 0 saturated carbocycles. The number of hydrogen-bond donors (Lipinski definition) is 1. The van der Waals surface area contributed by atoms with Crippen molar-refractivity contribution in [2.24, 2.45) is 0 Å². The molecule has 0 saturated heterocycles. The van der Waals surface area contributed by atoms with Crippen molar-refractivity contribution < 1.29 is 4.79 Å². The molecule has 0 spiro atoms. The largest absolute Gasteiger partial charge is 0.350 e. The lowest BCUT2D eigenvalue weighted by molar-refractivity contribution is -0.114. The molecule has 3 aromatic rings. The SMILES string of the molecule is Cc1sc2ncnc(N(C)CC(=O)Nc3ccc(Cl)cc3)c2c1C. The molecule has 0 aliphatic rings. The number of aryl methyl sites for hydroxylation is 2. The van der Waals surface area contributed by atoms with Gasteiger partial charge in [0.15, 0.2) is 0 Å². The molecule has 0 aliphatic carbocycles. The smallest absolute Gasteiger partial charge is 0.243 e. The Labute approximate surface area is 149 Å². The highest BCUT2D eigenvalue weighted by Crippen LogP contribution is 2.33. The molecule has 0 bridgehead atoms. The number of hydrogen-bond acceptors (Lipinski definition) is 5. The van der Waals surface area contributed by atoms with E-state index in [1.54, 1.807) is 41.9 Å². The highest BCUT2D eigenvalue weighted by Gasteiger charge is 2.16. The molecule has 5 nitrogen and oxygen atoms in total. The van der Waals surface area contributed by atoms with Crippen LogP contribution in [0.2, 0.25) is 5.02 Å². The first-order valence-corrected chi connectivity index (χ1v) is 8.62. The average molecular weight is 361 g/mol. The number of nitrogens with zero attached hydrogens (tertiary/aromatic N) is 3. The second-order valence-corrected chi connectivity index (χ2v) is 7.21. The normalized spacial score (nSPS) is 10.8. The van der Waals surface area contributed by atoms with Crippen molar-refractivity contribution in [2.45, 2.75) is 13.8 Å². The predicted molar refractivity (Wildman–Crippen MR) is 100 cm³/mol. The van der Waals surface area contributed by atoms with E-state index in [0.29, 0.717) is 10.7 Å². The lowest BCUT2D eigenvalue weighted by Crippen LogP contribution is -2.30. The fourth-order valence-electron chi connectivity index (χ4n) is 2.48. The fraction of sp³-hybridized carbons (Fsp3) is 0.235. The van der Waals surface area contributed by atoms with E-state index in [4.69, 9.17) is 11.6 Å². The van der Waals surface area contributed by atoms with Crippen LogP contribution in [-0.2, 0) is 4.79 Å². The predicted octanol–water partition coefficient (Wildman–Crippen LogP) is 4.04. The Morgan fingerprint density at radius 1 is 1.25 bits per heavy atom. The maximum atomic E-state index is 12.3. The molecule has 7 heteroatoms. The van der Waals surface area contributed by atoms with Crippen molar-refractivity contribution >= 4 is 50.6 Å². The number of fused-ring (bicyclic) bond motifs is 1. The Balaban J connectivity index is 1.78. The number of halogens is 1. The summed E-state index contributed by atoms with van der Waals surface area (Å²) in [5, 5.41) is 4.51. The van der Waals surface area contributed by atoms with Gasteiger partial charge in [-0.15, -0.1) is 11.3 Å². The van der Waals surface area contributed by atoms with Crippen LogP contribution in [0.3, 0.4) is 0 Å². The number of nitrogens with one attached hydrogen (secondary N) is 1. The highest BCUT2D eigenvalue weighted by molar-refractivity contribution is 7.18. The molecule has 0 radical (unpaired) electrons. The second-order valence-electron chi connectivity index (χ2n) is 5.57. The Morgan fingerprint density at radius 2 is 1.96 bits per heavy atom. The first-order valence-electron chi connectivity index (χ1n) is 7.43. The number of benzene rings is 1. The Kier molecular flexibility index (Phi) is 4.69. The third kappa shape index (κ3) is 3.34. The zero-order chi connectivity index (χ0) is 17.3. The van der Waals surface area contributed by atoms with Crippen LogP contribution in [0.4, 0.5) is 11.5 Å². The van der Waals surface area contributed by atoms with E-state index in [9.17, 15) is 4.79 Å². The average Bonchev–Trinajstić information content (AvgIpc) is 2.84. The van der Waals surface area contributed by atoms with Gasteiger partial charge >= 0.3 is 0 Å². The van der Waals surface area contributed by atoms with Crippen molar-refractivity contribution in [1.29, 1.82) is 0 Å². The van der Waals surface area contributed by atoms with Gasteiger partial charge in [-0.25, -0.2) is 9.97 Å². The number of carbonyl (C=O) groups excluding carboxylic acids is 1. The Bertz CT molecular complexity index is 891. The zero-order valence-electron chi connectivity index (χ0n) is 13.6. The Morgan fingerprint density at radius 3 is 2.67 bits per heavy atom. The van der Waals surface area contributed by atoms with E-state index in [1.165, 1.54) is 4.88 Å². The number of carbonyl (C=O) groups is 1. The minimum absolute atomic E-state index is 0.115. The van der Waals surface area contributed by atoms with E-state index >= 15 is 0 Å². The summed E-state index contributed by atoms with van der Waals surface area (Å²) in [6.07, 6.45) is 1.54. The van der Waals surface area contributed by atoms with Gasteiger partial charge in [-0.2, -0.15) is 0 Å². The molecule has 2 heterocycles. The third-order valence-electron chi connectivity index (χ3n) is 3.82. The zero-order valence-corrected chi connectivity index (χ0v) is 15.2. The van der Waals surface area contributed by atoms with E-state index < -0.39 is 0 Å². The third-order valence-corrected chi connectivity index (χ3v) is 5.18. The molecule has 0 fully saturated rings. The summed E-state index contributed by atoms with van der Waals surface area (Å²) in [4.78, 5) is 25.0. The molecule has 3 rings (SSSR count). The number of likely N-dealkylation sites (N-methyl/N-ethyl adjacent to an activating group) is 1. The van der Waals surface area contributed by atoms with Crippen LogP contribution in [0.1, 0.15) is 10.4 Å². The quantitative estimate of drug-likeness (QED) is 0.763. The van der Waals surface area contributed by atoms with E-state index in [0.717, 1.165) is 21.6 Å². The van der Waals surface area contributed by atoms with Crippen LogP contribution in [0.5, 0.6) is 0 Å². The molecule has 0 aliphatic heterocycles. The number of amides is 1. The van der Waals surface area contributed by atoms with Gasteiger partial charge in [-0.3, -0.25) is 4.79 Å². The van der Waals surface area contributed by atoms with Crippen molar-refractivity contribution in [3.05, 3.63) is 46.1 Å². The number of thiophene rings is 1. The summed E-state index contributed by atoms with van der Waals surface area (Å²) in [6.45, 7) is 4.32. The second kappa shape index (κ2) is 6.75. The number of anilines is 2. The van der Waals surface area contributed by atoms with Crippen LogP contribution in [0.15, 0.2) is 30.6 Å². The topological polar surface area (TPSA) is 58.1 Å². The summed E-state index contributed by atoms with van der Waals surface area (Å²) >= 11 is 7.49. The monoisotopic (exact) mass is 360 g/mol. The molecule has 2 aromatic heterocycles. The molecule has 1 aromatic carbocycles. The van der Waals surface area contributed by atoms with Crippen LogP contribution in [0.25, 0.3) is 10.2 Å². The van der Waals surface area contributed by atoms with Gasteiger partial charge in [0.2, 0.25) is 5.91 Å². The Hall–Kier alpha value is -2.18. The number of rotatable bonds is 4. The first-order chi connectivity index (χ1) is 11.5. The van der Waals surface area contributed by atoms with Gasteiger partial charge < -0.3 is 10.2 Å². The van der Waals surface area contributed by atoms with Crippen LogP contribution >= 0.6 is 22.9 Å². The molecule has 24 heavy (non-hydrogen) atoms. The van der Waals surface area contributed by atoms with Gasteiger partial charge in [-0.05, 0) is 43.7 Å². The van der Waals surface area contributed by atoms with Gasteiger partial charge in [-0.1, -0.05) is 11.6 Å². The molecular formula is C17H17ClN4OS. The number of aromatic nitrogens is 2. The van der Waals surface area contributed by atoms with E-state index in [1.807, 2.05) is 11.9 Å². The molecule has 0 atom stereocenters. The maximum absolute atomic E-state index is 12.3. The molecule has 1 amide bonds. The van der Waals surface area contributed by atoms with E-state index in [-0.39, 0.29) is 12.5 Å². The van der Waals surface area contributed by atoms with Crippen LogP contribution in [0, 0.1) is 13.8 Å². The van der Waals surface area contributed by atoms with Gasteiger partial charge in [0.25, 0.3) is 0 Å². The minimum Gasteiger partial charge on any atom is -0.350 e. The summed E-state index contributed by atoms with van der Waals surface area (Å²) in [6, 6.07) is 7.03. The highest BCUT2D eigenvalue weighted by atomic mass is 35.5. The molecule has 0 unspecified atom stereocenters. The van der Waals surface area contributed by atoms with Crippen molar-refractivity contribution in [1.82, 2.24) is 9.97 Å². The summed E-state index contributed by atoms with van der Waals surface area (Å²) in [7, 11) is 1.86. The van der Waals surface area contributed by atoms with Crippen LogP contribution < -0.4 is 10.2 Å². The molecule has 1 N–H and O–H groups in total. The lowest BCUT2D eigenvalue weighted by Gasteiger charge is -2.18. The fourth-order valence-corrected chi connectivity index (χ4v) is 3.59. The molecule has 124 valence electrons. The summed E-state index contributed by atoms with van der Waals surface area (Å²) in [5.41, 5.74) is 1.88. The maximum Gasteiger partial charge on any atom is 0.243 e. The summed E-state index contributed by atoms with van der Waals surface area (Å²) in [5.74, 6) is 0.657. The van der Waals surface area contributed by atoms with Gasteiger partial charge in [0.1, 0.15) is 17.0 Å². The minimum atomic E-state index is -0.115. The lowest BCUT2D eigenvalue weighted by atomic mass is 10.2. The van der Waals surface area contributed by atoms with Gasteiger partial charge in [0.05, 0.1) is 11.9 Å². The van der Waals surface area contributed by atoms with E-state index in [2.05, 4.69) is 29.1 Å². The first kappa shape index (κ1) is 16.7. The summed E-state index contributed by atoms with van der Waals surface area (Å²) < 4.78 is 0. The van der Waals surface area contributed by atoms with Crippen molar-refractivity contribution in [3.63, 3.8) is 0 Å². The van der Waals surface area contributed by atoms with Crippen LogP contribution in [-0.4, -0.2) is 29.5 Å². The molecular weight excluding hydrogens is 344 g/mol. The van der Waals surface area contributed by atoms with Gasteiger partial charge in [0, 0.05) is 22.6 Å². The van der Waals surface area contributed by atoms with Crippen molar-refractivity contribution in [3.8, 4) is 0 Å². The van der Waals surface area contributed by atoms with Crippen molar-refractivity contribution in [2.75, 3.05) is 23.8 Å². The standard InChI is InChI=1S/C17H17ClN4OS/c1-10-11(2)24-17-15(10)16(19-9-20-17)22(3)8-14(23)21-13-6-4-12(18)5-7-13/h4-7,9H,8H2,1-3H3,(H,21,23).